The smallest absolute Gasteiger partial charge is 0.113 e. The zero-order valence-electron chi connectivity index (χ0n) is 11.2. The minimum Gasteiger partial charge on any atom is -0.371 e. The molecule has 4 rings (SSSR count). The van der Waals surface area contributed by atoms with Crippen molar-refractivity contribution < 1.29 is 4.74 Å². The second kappa shape index (κ2) is 3.00. The Hall–Kier alpha value is -1.28. The molecule has 18 heavy (non-hydrogen) atoms. The van der Waals surface area contributed by atoms with Crippen molar-refractivity contribution in [2.24, 2.45) is 0 Å². The number of anilines is 1. The second-order valence-corrected chi connectivity index (χ2v) is 6.19. The van der Waals surface area contributed by atoms with Crippen LogP contribution in [0.25, 0.3) is 0 Å². The summed E-state index contributed by atoms with van der Waals surface area (Å²) in [4.78, 5) is 2.44. The molecule has 2 heteroatoms. The zero-order valence-corrected chi connectivity index (χ0v) is 11.2. The molecule has 1 aromatic carbocycles. The Labute approximate surface area is 108 Å². The third kappa shape index (κ3) is 1.17. The molecule has 0 spiro atoms. The lowest BCUT2D eigenvalue weighted by Crippen LogP contribution is -2.25. The van der Waals surface area contributed by atoms with Gasteiger partial charge in [-0.1, -0.05) is 12.1 Å². The van der Waals surface area contributed by atoms with Crippen LogP contribution < -0.4 is 4.90 Å². The van der Waals surface area contributed by atoms with Crippen LogP contribution in [0.4, 0.5) is 5.69 Å². The van der Waals surface area contributed by atoms with E-state index in [0.29, 0.717) is 0 Å². The summed E-state index contributed by atoms with van der Waals surface area (Å²) in [6.45, 7) is 4.35. The van der Waals surface area contributed by atoms with Gasteiger partial charge in [0.25, 0.3) is 0 Å². The average molecular weight is 241 g/mol. The first-order chi connectivity index (χ1) is 8.54. The molecule has 0 amide bonds. The van der Waals surface area contributed by atoms with Crippen molar-refractivity contribution in [3.63, 3.8) is 0 Å². The Morgan fingerprint density at radius 2 is 1.89 bits per heavy atom. The van der Waals surface area contributed by atoms with Crippen LogP contribution in [0.15, 0.2) is 30.4 Å². The Bertz CT molecular complexity index is 560. The fourth-order valence-electron chi connectivity index (χ4n) is 3.53. The van der Waals surface area contributed by atoms with Crippen LogP contribution in [0.5, 0.6) is 0 Å². The van der Waals surface area contributed by atoms with Gasteiger partial charge in [0.1, 0.15) is 11.2 Å². The van der Waals surface area contributed by atoms with E-state index in [1.807, 2.05) is 0 Å². The number of nitrogens with zero attached hydrogens (tertiary/aromatic N) is 1. The number of hydrogen-bond donors (Lipinski definition) is 0. The molecule has 2 aliphatic heterocycles. The molecule has 1 aromatic rings. The van der Waals surface area contributed by atoms with Gasteiger partial charge in [-0.05, 0) is 50.5 Å². The fourth-order valence-corrected chi connectivity index (χ4v) is 3.53. The maximum absolute atomic E-state index is 6.27. The van der Waals surface area contributed by atoms with E-state index in [1.54, 1.807) is 0 Å². The SMILES string of the molecule is CN(c1cccc2c1C1(C)C=CC2(C)O1)C1CC1. The van der Waals surface area contributed by atoms with Crippen molar-refractivity contribution >= 4 is 5.69 Å². The molecule has 94 valence electrons. The fraction of sp³-hybridized carbons (Fsp3) is 0.500. The molecule has 1 fully saturated rings. The summed E-state index contributed by atoms with van der Waals surface area (Å²) in [5.74, 6) is 0. The standard InChI is InChI=1S/C16H19NO/c1-15-9-10-16(2,18-15)14-12(15)5-4-6-13(14)17(3)11-7-8-11/h4-6,9-11H,7-8H2,1-3H3. The molecule has 0 radical (unpaired) electrons. The highest BCUT2D eigenvalue weighted by Crippen LogP contribution is 2.56. The van der Waals surface area contributed by atoms with Crippen molar-refractivity contribution in [3.05, 3.63) is 41.5 Å². The van der Waals surface area contributed by atoms with E-state index in [0.717, 1.165) is 6.04 Å². The van der Waals surface area contributed by atoms with E-state index in [9.17, 15) is 0 Å². The van der Waals surface area contributed by atoms with Gasteiger partial charge in [-0.25, -0.2) is 0 Å². The molecule has 2 bridgehead atoms. The van der Waals surface area contributed by atoms with Crippen molar-refractivity contribution in [2.45, 2.75) is 43.9 Å². The zero-order chi connectivity index (χ0) is 12.5. The summed E-state index contributed by atoms with van der Waals surface area (Å²) in [5.41, 5.74) is 3.63. The summed E-state index contributed by atoms with van der Waals surface area (Å²) < 4.78 is 6.27. The van der Waals surface area contributed by atoms with Crippen molar-refractivity contribution in [3.8, 4) is 0 Å². The highest BCUT2D eigenvalue weighted by molar-refractivity contribution is 5.66. The van der Waals surface area contributed by atoms with Crippen molar-refractivity contribution in [2.75, 3.05) is 11.9 Å². The molecule has 3 aliphatic rings. The van der Waals surface area contributed by atoms with Crippen LogP contribution in [-0.4, -0.2) is 13.1 Å². The van der Waals surface area contributed by atoms with E-state index in [2.05, 4.69) is 56.1 Å². The van der Waals surface area contributed by atoms with Gasteiger partial charge in [0.05, 0.1) is 0 Å². The molecule has 0 N–H and O–H groups in total. The lowest BCUT2D eigenvalue weighted by Gasteiger charge is -2.28. The molecule has 0 saturated heterocycles. The second-order valence-electron chi connectivity index (χ2n) is 6.19. The van der Waals surface area contributed by atoms with Gasteiger partial charge in [-0.3, -0.25) is 0 Å². The molecule has 2 heterocycles. The third-order valence-electron chi connectivity index (χ3n) is 4.69. The van der Waals surface area contributed by atoms with E-state index in [-0.39, 0.29) is 11.2 Å². The lowest BCUT2D eigenvalue weighted by atomic mass is 9.82. The number of hydrogen-bond acceptors (Lipinski definition) is 2. The van der Waals surface area contributed by atoms with Gasteiger partial charge in [0.15, 0.2) is 0 Å². The maximum atomic E-state index is 6.27. The highest BCUT2D eigenvalue weighted by atomic mass is 16.5. The lowest BCUT2D eigenvalue weighted by molar-refractivity contribution is -0.0493. The first kappa shape index (κ1) is 10.6. The number of fused-ring (bicyclic) bond motifs is 5. The van der Waals surface area contributed by atoms with E-state index in [1.165, 1.54) is 29.7 Å². The molecular formula is C16H19NO. The summed E-state index contributed by atoms with van der Waals surface area (Å²) in [7, 11) is 2.22. The van der Waals surface area contributed by atoms with Crippen LogP contribution in [0.1, 0.15) is 37.8 Å². The number of ether oxygens (including phenoxy) is 1. The Balaban J connectivity index is 1.92. The van der Waals surface area contributed by atoms with E-state index in [4.69, 9.17) is 4.74 Å². The molecule has 1 aliphatic carbocycles. The summed E-state index contributed by atoms with van der Waals surface area (Å²) in [6.07, 6.45) is 7.07. The van der Waals surface area contributed by atoms with E-state index < -0.39 is 0 Å². The van der Waals surface area contributed by atoms with Gasteiger partial charge < -0.3 is 9.64 Å². The molecule has 2 atom stereocenters. The number of benzene rings is 1. The predicted molar refractivity (Wildman–Crippen MR) is 72.8 cm³/mol. The molecular weight excluding hydrogens is 222 g/mol. The normalized spacial score (nSPS) is 35.9. The molecule has 2 unspecified atom stereocenters. The summed E-state index contributed by atoms with van der Waals surface area (Å²) in [5, 5.41) is 0. The van der Waals surface area contributed by atoms with Crippen molar-refractivity contribution in [1.82, 2.24) is 0 Å². The topological polar surface area (TPSA) is 12.5 Å². The van der Waals surface area contributed by atoms with E-state index >= 15 is 0 Å². The minimum absolute atomic E-state index is 0.218. The largest absolute Gasteiger partial charge is 0.371 e. The quantitative estimate of drug-likeness (QED) is 0.736. The Kier molecular flexibility index (Phi) is 1.77. The van der Waals surface area contributed by atoms with Gasteiger partial charge in [0.2, 0.25) is 0 Å². The Morgan fingerprint density at radius 3 is 2.61 bits per heavy atom. The molecule has 2 nitrogen and oxygen atoms in total. The van der Waals surface area contributed by atoms with Gasteiger partial charge >= 0.3 is 0 Å². The Morgan fingerprint density at radius 1 is 1.17 bits per heavy atom. The van der Waals surface area contributed by atoms with Crippen molar-refractivity contribution in [1.29, 1.82) is 0 Å². The van der Waals surface area contributed by atoms with Gasteiger partial charge in [-0.2, -0.15) is 0 Å². The van der Waals surface area contributed by atoms with Gasteiger partial charge in [0, 0.05) is 24.3 Å². The first-order valence-corrected chi connectivity index (χ1v) is 6.81. The summed E-state index contributed by atoms with van der Waals surface area (Å²) >= 11 is 0. The number of rotatable bonds is 2. The van der Waals surface area contributed by atoms with Crippen LogP contribution in [0.3, 0.4) is 0 Å². The third-order valence-corrected chi connectivity index (χ3v) is 4.69. The highest BCUT2D eigenvalue weighted by Gasteiger charge is 2.52. The van der Waals surface area contributed by atoms with Crippen LogP contribution in [0.2, 0.25) is 0 Å². The van der Waals surface area contributed by atoms with Crippen LogP contribution >= 0.6 is 0 Å². The molecule has 1 saturated carbocycles. The first-order valence-electron chi connectivity index (χ1n) is 6.81. The predicted octanol–water partition coefficient (Wildman–Crippen LogP) is 3.32. The maximum Gasteiger partial charge on any atom is 0.113 e. The summed E-state index contributed by atoms with van der Waals surface area (Å²) in [6, 6.07) is 7.35. The minimum atomic E-state index is -0.232. The average Bonchev–Trinajstić information content (AvgIpc) is 3.10. The molecule has 0 aromatic heterocycles. The van der Waals surface area contributed by atoms with Gasteiger partial charge in [-0.15, -0.1) is 0 Å². The monoisotopic (exact) mass is 241 g/mol. The van der Waals surface area contributed by atoms with Crippen LogP contribution in [-0.2, 0) is 15.9 Å². The van der Waals surface area contributed by atoms with Crippen LogP contribution in [0, 0.1) is 0 Å².